The maximum Gasteiger partial charge on any atom is 0.157 e. The van der Waals surface area contributed by atoms with Gasteiger partial charge in [-0.3, -0.25) is 0 Å². The average molecular weight is 405 g/mol. The van der Waals surface area contributed by atoms with Crippen LogP contribution < -0.4 is 0 Å². The van der Waals surface area contributed by atoms with E-state index in [4.69, 9.17) is 9.47 Å². The summed E-state index contributed by atoms with van der Waals surface area (Å²) in [4.78, 5) is 0. The van der Waals surface area contributed by atoms with Gasteiger partial charge in [-0.25, -0.2) is 0 Å². The summed E-state index contributed by atoms with van der Waals surface area (Å²) < 4.78 is 12.0. The number of unbranched alkanes of at least 4 members (excludes halogenated alkanes) is 9. The van der Waals surface area contributed by atoms with Gasteiger partial charge in [0, 0.05) is 11.9 Å². The van der Waals surface area contributed by atoms with Crippen molar-refractivity contribution in [3.05, 3.63) is 0 Å². The van der Waals surface area contributed by atoms with Crippen LogP contribution in [0.3, 0.4) is 0 Å². The van der Waals surface area contributed by atoms with Crippen LogP contribution >= 0.6 is 15.9 Å². The lowest BCUT2D eigenvalue weighted by Crippen LogP contribution is -2.28. The Morgan fingerprint density at radius 2 is 1.50 bits per heavy atom. The third-order valence-corrected chi connectivity index (χ3v) is 5.58. The minimum Gasteiger partial charge on any atom is -0.353 e. The van der Waals surface area contributed by atoms with Crippen molar-refractivity contribution in [2.75, 3.05) is 11.9 Å². The molecule has 0 aromatic heterocycles. The smallest absolute Gasteiger partial charge is 0.157 e. The zero-order chi connectivity index (χ0) is 17.3. The lowest BCUT2D eigenvalue weighted by atomic mass is 10.0. The number of rotatable bonds is 16. The molecule has 1 aliphatic rings. The van der Waals surface area contributed by atoms with Crippen LogP contribution in [0.25, 0.3) is 0 Å². The molecule has 1 aliphatic heterocycles. The molecule has 0 aliphatic carbocycles. The number of halogens is 1. The van der Waals surface area contributed by atoms with Crippen molar-refractivity contribution in [3.63, 3.8) is 0 Å². The van der Waals surface area contributed by atoms with Crippen molar-refractivity contribution in [2.45, 2.75) is 122 Å². The summed E-state index contributed by atoms with van der Waals surface area (Å²) in [6, 6.07) is 0. The van der Waals surface area contributed by atoms with Gasteiger partial charge < -0.3 is 9.47 Å². The summed E-state index contributed by atoms with van der Waals surface area (Å²) in [7, 11) is 0. The van der Waals surface area contributed by atoms with Crippen LogP contribution in [0, 0.1) is 0 Å². The van der Waals surface area contributed by atoms with Crippen LogP contribution in [0.15, 0.2) is 0 Å². The van der Waals surface area contributed by atoms with E-state index in [1.807, 2.05) is 0 Å². The first-order chi connectivity index (χ1) is 11.9. The van der Waals surface area contributed by atoms with Crippen molar-refractivity contribution >= 4 is 15.9 Å². The predicted octanol–water partition coefficient (Wildman–Crippen LogP) is 7.38. The fourth-order valence-electron chi connectivity index (χ4n) is 3.48. The molecule has 0 amide bonds. The topological polar surface area (TPSA) is 18.5 Å². The highest BCUT2D eigenvalue weighted by Gasteiger charge is 2.19. The molecule has 24 heavy (non-hydrogen) atoms. The van der Waals surface area contributed by atoms with Gasteiger partial charge in [0.15, 0.2) is 6.29 Å². The van der Waals surface area contributed by atoms with Gasteiger partial charge in [-0.05, 0) is 38.5 Å². The summed E-state index contributed by atoms with van der Waals surface area (Å²) in [6.45, 7) is 3.17. The number of hydrogen-bond acceptors (Lipinski definition) is 2. The molecule has 1 fully saturated rings. The van der Waals surface area contributed by atoms with E-state index < -0.39 is 0 Å². The molecule has 144 valence electrons. The molecule has 1 saturated heterocycles. The van der Waals surface area contributed by atoms with Crippen molar-refractivity contribution in [1.82, 2.24) is 0 Å². The average Bonchev–Trinajstić information content (AvgIpc) is 2.62. The van der Waals surface area contributed by atoms with Gasteiger partial charge in [0.25, 0.3) is 0 Å². The van der Waals surface area contributed by atoms with Gasteiger partial charge in [0.1, 0.15) is 0 Å². The second kappa shape index (κ2) is 16.8. The second-order valence-electron chi connectivity index (χ2n) is 7.36. The minimum atomic E-state index is 0.0715. The van der Waals surface area contributed by atoms with Crippen molar-refractivity contribution in [2.24, 2.45) is 0 Å². The Kier molecular flexibility index (Phi) is 15.8. The Balaban J connectivity index is 2.00. The van der Waals surface area contributed by atoms with Crippen LogP contribution in [0.4, 0.5) is 0 Å². The maximum atomic E-state index is 6.23. The molecule has 0 saturated carbocycles. The summed E-state index contributed by atoms with van der Waals surface area (Å²) >= 11 is 3.55. The second-order valence-corrected chi connectivity index (χ2v) is 8.15. The zero-order valence-corrected chi connectivity index (χ0v) is 17.7. The van der Waals surface area contributed by atoms with Crippen LogP contribution in [-0.4, -0.2) is 24.3 Å². The van der Waals surface area contributed by atoms with E-state index in [0.29, 0.717) is 6.10 Å². The van der Waals surface area contributed by atoms with Crippen molar-refractivity contribution < 1.29 is 9.47 Å². The fourth-order valence-corrected chi connectivity index (χ4v) is 3.80. The molecule has 0 aromatic rings. The summed E-state index contributed by atoms with van der Waals surface area (Å²) in [5, 5.41) is 1.08. The van der Waals surface area contributed by atoms with Gasteiger partial charge in [0.2, 0.25) is 0 Å². The number of alkyl halides is 1. The van der Waals surface area contributed by atoms with Crippen molar-refractivity contribution in [3.8, 4) is 0 Å². The minimum absolute atomic E-state index is 0.0715. The molecule has 0 radical (unpaired) electrons. The van der Waals surface area contributed by atoms with Crippen LogP contribution in [0.5, 0.6) is 0 Å². The molecule has 1 rings (SSSR count). The van der Waals surface area contributed by atoms with E-state index in [1.165, 1.54) is 96.3 Å². The molecule has 1 heterocycles. The maximum absolute atomic E-state index is 6.23. The molecule has 2 atom stereocenters. The molecule has 0 N–H and O–H groups in total. The first-order valence-electron chi connectivity index (χ1n) is 10.7. The molecule has 2 unspecified atom stereocenters. The molecular formula is C21H41BrO2. The first kappa shape index (κ1) is 22.4. The summed E-state index contributed by atoms with van der Waals surface area (Å²) in [5.74, 6) is 0. The summed E-state index contributed by atoms with van der Waals surface area (Å²) in [6.07, 6.45) is 21.6. The highest BCUT2D eigenvalue weighted by Crippen LogP contribution is 2.21. The Morgan fingerprint density at radius 3 is 2.08 bits per heavy atom. The van der Waals surface area contributed by atoms with Crippen LogP contribution in [0.2, 0.25) is 0 Å². The first-order valence-corrected chi connectivity index (χ1v) is 11.8. The lowest BCUT2D eigenvalue weighted by Gasteiger charge is -2.28. The van der Waals surface area contributed by atoms with Crippen molar-refractivity contribution in [1.29, 1.82) is 0 Å². The SMILES string of the molecule is CCCCCCCCCCCCC(CCCBr)OC1CCCCO1. The van der Waals surface area contributed by atoms with Crippen LogP contribution in [0.1, 0.15) is 110 Å². The normalized spacial score (nSPS) is 19.5. The highest BCUT2D eigenvalue weighted by molar-refractivity contribution is 9.09. The quantitative estimate of drug-likeness (QED) is 0.197. The molecular weight excluding hydrogens is 364 g/mol. The Labute approximate surface area is 159 Å². The number of ether oxygens (including phenoxy) is 2. The lowest BCUT2D eigenvalue weighted by molar-refractivity contribution is -0.190. The third-order valence-electron chi connectivity index (χ3n) is 5.02. The van der Waals surface area contributed by atoms with E-state index >= 15 is 0 Å². The van der Waals surface area contributed by atoms with Gasteiger partial charge >= 0.3 is 0 Å². The van der Waals surface area contributed by atoms with Gasteiger partial charge in [-0.2, -0.15) is 0 Å². The van der Waals surface area contributed by atoms with E-state index in [1.54, 1.807) is 0 Å². The van der Waals surface area contributed by atoms with Gasteiger partial charge in [-0.1, -0.05) is 87.1 Å². The zero-order valence-electron chi connectivity index (χ0n) is 16.1. The summed E-state index contributed by atoms with van der Waals surface area (Å²) in [5.41, 5.74) is 0. The predicted molar refractivity (Wildman–Crippen MR) is 108 cm³/mol. The molecule has 0 aromatic carbocycles. The van der Waals surface area contributed by atoms with E-state index in [9.17, 15) is 0 Å². The monoisotopic (exact) mass is 404 g/mol. The number of hydrogen-bond donors (Lipinski definition) is 0. The Morgan fingerprint density at radius 1 is 0.875 bits per heavy atom. The van der Waals surface area contributed by atoms with E-state index in [0.717, 1.165) is 18.4 Å². The van der Waals surface area contributed by atoms with E-state index in [-0.39, 0.29) is 6.29 Å². The molecule has 0 spiro atoms. The van der Waals surface area contributed by atoms with Crippen LogP contribution in [-0.2, 0) is 9.47 Å². The third kappa shape index (κ3) is 12.7. The molecule has 2 nitrogen and oxygen atoms in total. The Hall–Kier alpha value is 0.400. The standard InChI is InChI=1S/C21H41BrO2/c1-2-3-4-5-6-7-8-9-10-11-15-20(16-14-18-22)24-21-17-12-13-19-23-21/h20-21H,2-19H2,1H3. The van der Waals surface area contributed by atoms with Gasteiger partial charge in [-0.15, -0.1) is 0 Å². The fraction of sp³-hybridized carbons (Fsp3) is 1.00. The molecule has 0 bridgehead atoms. The highest BCUT2D eigenvalue weighted by atomic mass is 79.9. The largest absolute Gasteiger partial charge is 0.353 e. The van der Waals surface area contributed by atoms with Gasteiger partial charge in [0.05, 0.1) is 6.10 Å². The molecule has 3 heteroatoms. The van der Waals surface area contributed by atoms with E-state index in [2.05, 4.69) is 22.9 Å². The Bertz CT molecular complexity index is 254.